The molecule has 1 atom stereocenters. The lowest BCUT2D eigenvalue weighted by Gasteiger charge is -2.32. The molecule has 21 heavy (non-hydrogen) atoms. The van der Waals surface area contributed by atoms with Gasteiger partial charge in [0.15, 0.2) is 0 Å². The van der Waals surface area contributed by atoms with Crippen molar-refractivity contribution in [1.29, 1.82) is 0 Å². The molecule has 1 aliphatic rings. The van der Waals surface area contributed by atoms with E-state index in [-0.39, 0.29) is 12.0 Å². The Labute approximate surface area is 130 Å². The summed E-state index contributed by atoms with van der Waals surface area (Å²) in [6.07, 6.45) is 3.60. The van der Waals surface area contributed by atoms with Crippen molar-refractivity contribution < 1.29 is 9.53 Å². The number of nitrogens with zero attached hydrogens (tertiary/aromatic N) is 2. The van der Waals surface area contributed by atoms with E-state index in [0.717, 1.165) is 19.4 Å². The number of rotatable bonds is 5. The van der Waals surface area contributed by atoms with Crippen LogP contribution >= 0.6 is 11.6 Å². The number of aromatic nitrogens is 1. The Morgan fingerprint density at radius 1 is 1.57 bits per heavy atom. The van der Waals surface area contributed by atoms with E-state index in [1.54, 1.807) is 12.3 Å². The first-order valence-corrected chi connectivity index (χ1v) is 7.83. The number of halogens is 1. The van der Waals surface area contributed by atoms with Gasteiger partial charge in [-0.05, 0) is 18.9 Å². The van der Waals surface area contributed by atoms with Gasteiger partial charge in [0, 0.05) is 25.8 Å². The first-order chi connectivity index (χ1) is 10.2. The fourth-order valence-corrected chi connectivity index (χ4v) is 2.49. The number of ether oxygens (including phenoxy) is 1. The van der Waals surface area contributed by atoms with Crippen LogP contribution in [0, 0.1) is 0 Å². The molecule has 1 N–H and O–H groups in total. The fraction of sp³-hybridized carbons (Fsp3) is 0.600. The van der Waals surface area contributed by atoms with E-state index >= 15 is 0 Å². The predicted molar refractivity (Wildman–Crippen MR) is 84.0 cm³/mol. The van der Waals surface area contributed by atoms with Gasteiger partial charge in [-0.2, -0.15) is 0 Å². The standard InChI is InChI=1S/C15H22ClN3O2/c1-3-5-17-14-13(16)8-11(9-18-14)15(20)19-6-7-21-12(4-2)10-19/h8-9,12H,3-7,10H2,1-2H3,(H,17,18). The molecular weight excluding hydrogens is 290 g/mol. The molecule has 1 aromatic heterocycles. The molecule has 0 saturated carbocycles. The smallest absolute Gasteiger partial charge is 0.255 e. The minimum atomic E-state index is -0.0341. The van der Waals surface area contributed by atoms with Crippen LogP contribution in [-0.4, -0.2) is 48.1 Å². The monoisotopic (exact) mass is 311 g/mol. The van der Waals surface area contributed by atoms with E-state index in [1.807, 2.05) is 4.90 Å². The van der Waals surface area contributed by atoms with Crippen LogP contribution in [-0.2, 0) is 4.74 Å². The number of pyridine rings is 1. The van der Waals surface area contributed by atoms with Crippen molar-refractivity contribution in [3.8, 4) is 0 Å². The number of hydrogen-bond donors (Lipinski definition) is 1. The number of nitrogens with one attached hydrogen (secondary N) is 1. The summed E-state index contributed by atoms with van der Waals surface area (Å²) in [5, 5.41) is 3.62. The molecule has 6 heteroatoms. The molecule has 0 radical (unpaired) electrons. The van der Waals surface area contributed by atoms with Gasteiger partial charge >= 0.3 is 0 Å². The van der Waals surface area contributed by atoms with Gasteiger partial charge in [0.25, 0.3) is 5.91 Å². The van der Waals surface area contributed by atoms with Crippen LogP contribution in [0.1, 0.15) is 37.0 Å². The molecule has 1 aromatic rings. The zero-order chi connectivity index (χ0) is 15.2. The SMILES string of the molecule is CCCNc1ncc(C(=O)N2CCOC(CC)C2)cc1Cl. The van der Waals surface area contributed by atoms with Crippen molar-refractivity contribution in [1.82, 2.24) is 9.88 Å². The maximum absolute atomic E-state index is 12.5. The number of carbonyl (C=O) groups excluding carboxylic acids is 1. The van der Waals surface area contributed by atoms with Crippen LogP contribution in [0.25, 0.3) is 0 Å². The summed E-state index contributed by atoms with van der Waals surface area (Å²) in [6, 6.07) is 1.69. The van der Waals surface area contributed by atoms with Gasteiger partial charge in [-0.15, -0.1) is 0 Å². The lowest BCUT2D eigenvalue weighted by Crippen LogP contribution is -2.45. The number of morpholine rings is 1. The van der Waals surface area contributed by atoms with E-state index in [9.17, 15) is 4.79 Å². The number of carbonyl (C=O) groups is 1. The van der Waals surface area contributed by atoms with Crippen molar-refractivity contribution in [2.75, 3.05) is 31.6 Å². The first kappa shape index (κ1) is 16.0. The van der Waals surface area contributed by atoms with Crippen molar-refractivity contribution in [2.24, 2.45) is 0 Å². The predicted octanol–water partition coefficient (Wildman–Crippen LogP) is 2.81. The summed E-state index contributed by atoms with van der Waals surface area (Å²) in [5.74, 6) is 0.594. The Morgan fingerprint density at radius 2 is 2.38 bits per heavy atom. The zero-order valence-corrected chi connectivity index (χ0v) is 13.3. The first-order valence-electron chi connectivity index (χ1n) is 7.46. The Bertz CT molecular complexity index is 496. The Kier molecular flexibility index (Phi) is 5.82. The van der Waals surface area contributed by atoms with E-state index in [1.165, 1.54) is 0 Å². The number of amides is 1. The highest BCUT2D eigenvalue weighted by Crippen LogP contribution is 2.21. The molecular formula is C15H22ClN3O2. The van der Waals surface area contributed by atoms with Gasteiger partial charge in [-0.1, -0.05) is 25.4 Å². The van der Waals surface area contributed by atoms with Crippen molar-refractivity contribution in [3.63, 3.8) is 0 Å². The van der Waals surface area contributed by atoms with Gasteiger partial charge in [0.1, 0.15) is 5.82 Å². The molecule has 1 saturated heterocycles. The zero-order valence-electron chi connectivity index (χ0n) is 12.6. The van der Waals surface area contributed by atoms with Gasteiger partial charge in [0.2, 0.25) is 0 Å². The van der Waals surface area contributed by atoms with Crippen molar-refractivity contribution in [2.45, 2.75) is 32.8 Å². The van der Waals surface area contributed by atoms with Crippen molar-refractivity contribution >= 4 is 23.3 Å². The Balaban J connectivity index is 2.07. The van der Waals surface area contributed by atoms with Crippen molar-refractivity contribution in [3.05, 3.63) is 22.8 Å². The molecule has 0 spiro atoms. The molecule has 0 bridgehead atoms. The average molecular weight is 312 g/mol. The van der Waals surface area contributed by atoms with Crippen LogP contribution < -0.4 is 5.32 Å². The molecule has 1 amide bonds. The average Bonchev–Trinajstić information content (AvgIpc) is 2.53. The fourth-order valence-electron chi connectivity index (χ4n) is 2.26. The maximum atomic E-state index is 12.5. The number of anilines is 1. The van der Waals surface area contributed by atoms with Gasteiger partial charge in [0.05, 0.1) is 23.3 Å². The largest absolute Gasteiger partial charge is 0.375 e. The van der Waals surface area contributed by atoms with Crippen LogP contribution in [0.4, 0.5) is 5.82 Å². The second-order valence-corrected chi connectivity index (χ2v) is 5.54. The Hall–Kier alpha value is -1.33. The second-order valence-electron chi connectivity index (χ2n) is 5.13. The highest BCUT2D eigenvalue weighted by molar-refractivity contribution is 6.33. The summed E-state index contributed by atoms with van der Waals surface area (Å²) < 4.78 is 5.58. The van der Waals surface area contributed by atoms with Crippen LogP contribution in [0.2, 0.25) is 5.02 Å². The molecule has 0 aromatic carbocycles. The summed E-state index contributed by atoms with van der Waals surface area (Å²) >= 11 is 6.18. The third-order valence-corrected chi connectivity index (χ3v) is 3.80. The quantitative estimate of drug-likeness (QED) is 0.908. The lowest BCUT2D eigenvalue weighted by atomic mass is 10.2. The summed E-state index contributed by atoms with van der Waals surface area (Å²) in [6.45, 7) is 6.77. The van der Waals surface area contributed by atoms with Crippen LogP contribution in [0.3, 0.4) is 0 Å². The lowest BCUT2D eigenvalue weighted by molar-refractivity contribution is -0.0226. The normalized spacial score (nSPS) is 18.6. The van der Waals surface area contributed by atoms with E-state index < -0.39 is 0 Å². The van der Waals surface area contributed by atoms with Gasteiger partial charge < -0.3 is 15.0 Å². The molecule has 2 heterocycles. The Morgan fingerprint density at radius 3 is 3.05 bits per heavy atom. The molecule has 5 nitrogen and oxygen atoms in total. The topological polar surface area (TPSA) is 54.5 Å². The van der Waals surface area contributed by atoms with Gasteiger partial charge in [-0.3, -0.25) is 4.79 Å². The van der Waals surface area contributed by atoms with Crippen LogP contribution in [0.15, 0.2) is 12.3 Å². The highest BCUT2D eigenvalue weighted by Gasteiger charge is 2.24. The van der Waals surface area contributed by atoms with Crippen LogP contribution in [0.5, 0.6) is 0 Å². The summed E-state index contributed by atoms with van der Waals surface area (Å²) in [7, 11) is 0. The summed E-state index contributed by atoms with van der Waals surface area (Å²) in [5.41, 5.74) is 0.527. The minimum Gasteiger partial charge on any atom is -0.375 e. The second kappa shape index (κ2) is 7.61. The molecule has 2 rings (SSSR count). The van der Waals surface area contributed by atoms with Gasteiger partial charge in [-0.25, -0.2) is 4.98 Å². The third kappa shape index (κ3) is 4.08. The van der Waals surface area contributed by atoms with E-state index in [0.29, 0.717) is 36.1 Å². The van der Waals surface area contributed by atoms with E-state index in [4.69, 9.17) is 16.3 Å². The maximum Gasteiger partial charge on any atom is 0.255 e. The summed E-state index contributed by atoms with van der Waals surface area (Å²) in [4.78, 5) is 18.5. The molecule has 1 fully saturated rings. The molecule has 1 aliphatic heterocycles. The molecule has 116 valence electrons. The molecule has 0 aliphatic carbocycles. The minimum absolute atomic E-state index is 0.0341. The molecule has 1 unspecified atom stereocenters. The van der Waals surface area contributed by atoms with E-state index in [2.05, 4.69) is 24.1 Å². The number of hydrogen-bond acceptors (Lipinski definition) is 4. The third-order valence-electron chi connectivity index (χ3n) is 3.51. The highest BCUT2D eigenvalue weighted by atomic mass is 35.5.